The first-order valence-corrected chi connectivity index (χ1v) is 27.2. The van der Waals surface area contributed by atoms with E-state index >= 15 is 0 Å². The van der Waals surface area contributed by atoms with Gasteiger partial charge in [-0.25, -0.2) is 0 Å². The smallest absolute Gasteiger partial charge is 0.305 e. The molecule has 0 radical (unpaired) electrons. The van der Waals surface area contributed by atoms with Gasteiger partial charge in [-0.15, -0.1) is 0 Å². The van der Waals surface area contributed by atoms with Gasteiger partial charge in [-0.3, -0.25) is 9.59 Å². The van der Waals surface area contributed by atoms with Gasteiger partial charge in [0.1, 0.15) is 0 Å². The molecule has 0 aromatic carbocycles. The molecule has 0 fully saturated rings. The second kappa shape index (κ2) is 51.7. The van der Waals surface area contributed by atoms with Crippen molar-refractivity contribution < 1.29 is 24.5 Å². The number of hydrogen-bond acceptors (Lipinski definition) is 5. The first-order valence-electron chi connectivity index (χ1n) is 27.2. The number of aliphatic hydroxyl groups excluding tert-OH is 2. The lowest BCUT2D eigenvalue weighted by Crippen LogP contribution is -2.45. The van der Waals surface area contributed by atoms with Crippen LogP contribution in [0.25, 0.3) is 0 Å². The molecule has 0 aromatic heterocycles. The third-order valence-corrected chi connectivity index (χ3v) is 12.4. The quantitative estimate of drug-likeness (QED) is 0.0321. The highest BCUT2D eigenvalue weighted by Crippen LogP contribution is 2.16. The summed E-state index contributed by atoms with van der Waals surface area (Å²) in [6.45, 7) is 4.88. The highest BCUT2D eigenvalue weighted by Gasteiger charge is 2.20. The maximum Gasteiger partial charge on any atom is 0.305 e. The molecule has 0 rings (SSSR count). The molecule has 0 heterocycles. The Labute approximate surface area is 385 Å². The normalized spacial score (nSPS) is 12.9. The zero-order valence-electron chi connectivity index (χ0n) is 41.4. The molecule has 1 amide bonds. The lowest BCUT2D eigenvalue weighted by atomic mass is 10.0. The molecule has 364 valence electrons. The summed E-state index contributed by atoms with van der Waals surface area (Å²) in [4.78, 5) is 24.5. The molecule has 2 atom stereocenters. The van der Waals surface area contributed by atoms with Crippen LogP contribution in [0.2, 0.25) is 0 Å². The highest BCUT2D eigenvalue weighted by atomic mass is 16.5. The summed E-state index contributed by atoms with van der Waals surface area (Å²) in [5.41, 5.74) is 0. The molecule has 6 nitrogen and oxygen atoms in total. The maximum absolute atomic E-state index is 12.4. The Morgan fingerprint density at radius 1 is 0.452 bits per heavy atom. The standard InChI is InChI=1S/C56H105NO5/c1-3-5-7-9-11-13-15-16-17-18-19-20-24-27-30-34-38-42-46-50-56(61)62-51-47-43-39-35-31-28-25-22-21-23-26-29-33-37-41-45-49-55(60)57-53(52-58)54(59)48-44-40-36-32-14-12-10-8-6-4-2/h11,13,16-17,21,23,53-54,58-59H,3-10,12,14-15,18-20,22,24-52H2,1-2H3,(H,57,60)/b13-11-,17-16-,23-21-. The van der Waals surface area contributed by atoms with Crippen molar-refractivity contribution in [3.05, 3.63) is 36.5 Å². The van der Waals surface area contributed by atoms with Gasteiger partial charge in [-0.05, 0) is 83.5 Å². The summed E-state index contributed by atoms with van der Waals surface area (Å²) in [7, 11) is 0. The van der Waals surface area contributed by atoms with Crippen molar-refractivity contribution in [1.29, 1.82) is 0 Å². The van der Waals surface area contributed by atoms with Gasteiger partial charge < -0.3 is 20.3 Å². The van der Waals surface area contributed by atoms with Crippen molar-refractivity contribution in [3.8, 4) is 0 Å². The molecule has 3 N–H and O–H groups in total. The van der Waals surface area contributed by atoms with Crippen LogP contribution in [-0.2, 0) is 14.3 Å². The number of aliphatic hydroxyl groups is 2. The Kier molecular flexibility index (Phi) is 50.1. The number of amides is 1. The molecule has 0 bridgehead atoms. The number of ether oxygens (including phenoxy) is 1. The van der Waals surface area contributed by atoms with Crippen LogP contribution in [0.15, 0.2) is 36.5 Å². The monoisotopic (exact) mass is 872 g/mol. The zero-order chi connectivity index (χ0) is 45.1. The van der Waals surface area contributed by atoms with Crippen molar-refractivity contribution in [3.63, 3.8) is 0 Å². The van der Waals surface area contributed by atoms with E-state index in [-0.39, 0.29) is 18.5 Å². The second-order valence-corrected chi connectivity index (χ2v) is 18.6. The second-order valence-electron chi connectivity index (χ2n) is 18.6. The predicted molar refractivity (Wildman–Crippen MR) is 269 cm³/mol. The Hall–Kier alpha value is -1.92. The van der Waals surface area contributed by atoms with Crippen molar-refractivity contribution in [1.82, 2.24) is 5.32 Å². The minimum atomic E-state index is -0.673. The van der Waals surface area contributed by atoms with Crippen molar-refractivity contribution in [2.75, 3.05) is 13.2 Å². The number of rotatable bonds is 50. The summed E-state index contributed by atoms with van der Waals surface area (Å²) in [5.74, 6) is -0.0616. The van der Waals surface area contributed by atoms with Crippen LogP contribution < -0.4 is 5.32 Å². The van der Waals surface area contributed by atoms with E-state index < -0.39 is 12.1 Å². The van der Waals surface area contributed by atoms with E-state index in [4.69, 9.17) is 4.74 Å². The van der Waals surface area contributed by atoms with E-state index in [0.717, 1.165) is 70.6 Å². The number of carbonyl (C=O) groups is 2. The van der Waals surface area contributed by atoms with Crippen LogP contribution in [0.5, 0.6) is 0 Å². The largest absolute Gasteiger partial charge is 0.466 e. The summed E-state index contributed by atoms with van der Waals surface area (Å²) in [6.07, 6.45) is 62.7. The SMILES string of the molecule is CCCCC/C=C\C/C=C\CCCCCCCCCCCC(=O)OCCCCCCCCC/C=C\CCCCCCCC(=O)NC(CO)C(O)CCCCCCCCCCCC. The Morgan fingerprint density at radius 2 is 0.806 bits per heavy atom. The molecule has 0 saturated heterocycles. The Morgan fingerprint density at radius 3 is 1.27 bits per heavy atom. The summed E-state index contributed by atoms with van der Waals surface area (Å²) >= 11 is 0. The third-order valence-electron chi connectivity index (χ3n) is 12.4. The molecule has 0 aliphatic carbocycles. The molecular formula is C56H105NO5. The van der Waals surface area contributed by atoms with Gasteiger partial charge in [-0.1, -0.05) is 224 Å². The van der Waals surface area contributed by atoms with Gasteiger partial charge in [0.25, 0.3) is 0 Å². The number of esters is 1. The fourth-order valence-electron chi connectivity index (χ4n) is 8.19. The lowest BCUT2D eigenvalue weighted by molar-refractivity contribution is -0.143. The van der Waals surface area contributed by atoms with Gasteiger partial charge in [0.15, 0.2) is 0 Å². The van der Waals surface area contributed by atoms with Crippen LogP contribution in [0, 0.1) is 0 Å². The molecule has 0 spiro atoms. The van der Waals surface area contributed by atoms with E-state index in [2.05, 4.69) is 55.6 Å². The highest BCUT2D eigenvalue weighted by molar-refractivity contribution is 5.76. The van der Waals surface area contributed by atoms with Crippen molar-refractivity contribution in [2.45, 2.75) is 296 Å². The number of nitrogens with one attached hydrogen (secondary N) is 1. The molecule has 0 aliphatic heterocycles. The molecule has 2 unspecified atom stereocenters. The summed E-state index contributed by atoms with van der Waals surface area (Å²) < 4.78 is 5.48. The fraction of sp³-hybridized carbons (Fsp3) is 0.857. The van der Waals surface area contributed by atoms with Gasteiger partial charge in [0, 0.05) is 12.8 Å². The van der Waals surface area contributed by atoms with E-state index in [1.165, 1.54) is 180 Å². The topological polar surface area (TPSA) is 95.9 Å². The lowest BCUT2D eigenvalue weighted by Gasteiger charge is -2.22. The molecule has 0 aliphatic rings. The van der Waals surface area contributed by atoms with Crippen molar-refractivity contribution in [2.24, 2.45) is 0 Å². The minimum absolute atomic E-state index is 0.00714. The van der Waals surface area contributed by atoms with Crippen LogP contribution in [0.3, 0.4) is 0 Å². The van der Waals surface area contributed by atoms with Crippen LogP contribution >= 0.6 is 0 Å². The molecule has 6 heteroatoms. The van der Waals surface area contributed by atoms with Gasteiger partial charge in [-0.2, -0.15) is 0 Å². The van der Waals surface area contributed by atoms with E-state index in [1.54, 1.807) is 0 Å². The van der Waals surface area contributed by atoms with Gasteiger partial charge >= 0.3 is 5.97 Å². The van der Waals surface area contributed by atoms with Crippen LogP contribution in [0.4, 0.5) is 0 Å². The third kappa shape index (κ3) is 47.6. The number of hydrogen-bond donors (Lipinski definition) is 3. The van der Waals surface area contributed by atoms with E-state index in [0.29, 0.717) is 25.9 Å². The van der Waals surface area contributed by atoms with E-state index in [9.17, 15) is 19.8 Å². The summed E-state index contributed by atoms with van der Waals surface area (Å²) in [5, 5.41) is 23.1. The fourth-order valence-corrected chi connectivity index (χ4v) is 8.19. The van der Waals surface area contributed by atoms with E-state index in [1.807, 2.05) is 0 Å². The number of allylic oxidation sites excluding steroid dienone is 6. The Balaban J connectivity index is 3.44. The van der Waals surface area contributed by atoms with Crippen molar-refractivity contribution >= 4 is 11.9 Å². The Bertz CT molecular complexity index is 1010. The zero-order valence-corrected chi connectivity index (χ0v) is 41.4. The van der Waals surface area contributed by atoms with Crippen LogP contribution in [0.1, 0.15) is 284 Å². The first kappa shape index (κ1) is 60.1. The number of unbranched alkanes of at least 4 members (excludes halogenated alkanes) is 33. The molecule has 0 aromatic rings. The van der Waals surface area contributed by atoms with Gasteiger partial charge in [0.05, 0.1) is 25.4 Å². The first-order chi connectivity index (χ1) is 30.5. The predicted octanol–water partition coefficient (Wildman–Crippen LogP) is 16.5. The summed E-state index contributed by atoms with van der Waals surface area (Å²) in [6, 6.07) is -0.552. The maximum atomic E-state index is 12.4. The molecular weight excluding hydrogens is 767 g/mol. The number of carbonyl (C=O) groups excluding carboxylic acids is 2. The molecule has 0 saturated carbocycles. The van der Waals surface area contributed by atoms with Crippen LogP contribution in [-0.4, -0.2) is 47.4 Å². The average Bonchev–Trinajstić information content (AvgIpc) is 3.27. The molecule has 62 heavy (non-hydrogen) atoms. The minimum Gasteiger partial charge on any atom is -0.466 e. The van der Waals surface area contributed by atoms with Gasteiger partial charge in [0.2, 0.25) is 5.91 Å². The average molecular weight is 872 g/mol.